The second-order valence-corrected chi connectivity index (χ2v) is 9.18. The maximum Gasteiger partial charge on any atom is 0.261 e. The van der Waals surface area contributed by atoms with Crippen LogP contribution in [0.25, 0.3) is 0 Å². The van der Waals surface area contributed by atoms with Gasteiger partial charge in [-0.1, -0.05) is 29.3 Å². The van der Waals surface area contributed by atoms with Gasteiger partial charge in [0.2, 0.25) is 0 Å². The molecule has 0 radical (unpaired) electrons. The smallest absolute Gasteiger partial charge is 0.261 e. The van der Waals surface area contributed by atoms with E-state index in [1.165, 1.54) is 20.3 Å². The lowest BCUT2D eigenvalue weighted by Gasteiger charge is -2.14. The summed E-state index contributed by atoms with van der Waals surface area (Å²) in [6, 6.07) is 14.3. The summed E-state index contributed by atoms with van der Waals surface area (Å²) >= 11 is 6.10. The molecule has 0 fully saturated rings. The van der Waals surface area contributed by atoms with Gasteiger partial charge in [0.15, 0.2) is 0 Å². The van der Waals surface area contributed by atoms with E-state index in [1.807, 2.05) is 6.92 Å². The summed E-state index contributed by atoms with van der Waals surface area (Å²) in [4.78, 5) is 13.0. The van der Waals surface area contributed by atoms with Crippen LogP contribution in [0.15, 0.2) is 59.5 Å². The summed E-state index contributed by atoms with van der Waals surface area (Å²) in [5.74, 6) is 0.367. The zero-order valence-corrected chi connectivity index (χ0v) is 19.6. The maximum atomic E-state index is 12.8. The molecule has 0 saturated carbocycles. The lowest BCUT2D eigenvalue weighted by atomic mass is 10.1. The molecule has 9 heteroatoms. The molecule has 3 aromatic carbocycles. The SMILES string of the molecule is COc1cc(NC(=O)c2ccc(NS(=O)(=O)c3ccc(C)cc3)c(C)c2)c(OC)cc1Cl. The average molecular weight is 475 g/mol. The molecular weight excluding hydrogens is 452 g/mol. The minimum atomic E-state index is -3.75. The van der Waals surface area contributed by atoms with Crippen LogP contribution in [0.3, 0.4) is 0 Å². The van der Waals surface area contributed by atoms with Crippen molar-refractivity contribution >= 4 is 38.9 Å². The summed E-state index contributed by atoms with van der Waals surface area (Å²) in [7, 11) is -0.812. The van der Waals surface area contributed by atoms with Crippen LogP contribution in [-0.4, -0.2) is 28.5 Å². The van der Waals surface area contributed by atoms with Crippen molar-refractivity contribution in [3.63, 3.8) is 0 Å². The molecule has 0 aliphatic heterocycles. The number of amides is 1. The van der Waals surface area contributed by atoms with Gasteiger partial charge in [-0.2, -0.15) is 0 Å². The van der Waals surface area contributed by atoms with Gasteiger partial charge in [-0.15, -0.1) is 0 Å². The second-order valence-electron chi connectivity index (χ2n) is 7.09. The molecule has 0 aliphatic carbocycles. The van der Waals surface area contributed by atoms with Crippen LogP contribution < -0.4 is 19.5 Å². The lowest BCUT2D eigenvalue weighted by molar-refractivity contribution is 0.102. The third-order valence-corrected chi connectivity index (χ3v) is 6.46. The molecule has 2 N–H and O–H groups in total. The van der Waals surface area contributed by atoms with Crippen molar-refractivity contribution in [2.75, 3.05) is 24.3 Å². The molecule has 1 amide bonds. The van der Waals surface area contributed by atoms with Crippen molar-refractivity contribution in [2.24, 2.45) is 0 Å². The van der Waals surface area contributed by atoms with Gasteiger partial charge in [0, 0.05) is 17.7 Å². The highest BCUT2D eigenvalue weighted by Gasteiger charge is 2.17. The van der Waals surface area contributed by atoms with Crippen LogP contribution in [0.1, 0.15) is 21.5 Å². The Morgan fingerprint density at radius 1 is 0.875 bits per heavy atom. The predicted octanol–water partition coefficient (Wildman–Crippen LogP) is 5.03. The summed E-state index contributed by atoms with van der Waals surface area (Å²) < 4.78 is 38.4. The van der Waals surface area contributed by atoms with E-state index in [-0.39, 0.29) is 4.90 Å². The van der Waals surface area contributed by atoms with Gasteiger partial charge in [-0.05, 0) is 49.7 Å². The van der Waals surface area contributed by atoms with Crippen molar-refractivity contribution in [1.82, 2.24) is 0 Å². The number of anilines is 2. The predicted molar refractivity (Wildman–Crippen MR) is 126 cm³/mol. The number of halogens is 1. The molecule has 0 unspecified atom stereocenters. The number of methoxy groups -OCH3 is 2. The molecule has 3 aromatic rings. The lowest BCUT2D eigenvalue weighted by Crippen LogP contribution is -2.15. The van der Waals surface area contributed by atoms with Crippen molar-refractivity contribution in [1.29, 1.82) is 0 Å². The molecule has 0 saturated heterocycles. The highest BCUT2D eigenvalue weighted by Crippen LogP contribution is 2.36. The van der Waals surface area contributed by atoms with Crippen LogP contribution in [-0.2, 0) is 10.0 Å². The standard InChI is InChI=1S/C23H23ClN2O5S/c1-14-5-8-17(9-6-14)32(28,29)26-19-10-7-16(11-15(19)2)23(27)25-20-13-21(30-3)18(24)12-22(20)31-4/h5-13,26H,1-4H3,(H,25,27). The topological polar surface area (TPSA) is 93.7 Å². The molecule has 7 nitrogen and oxygen atoms in total. The van der Waals surface area contributed by atoms with E-state index in [2.05, 4.69) is 10.0 Å². The van der Waals surface area contributed by atoms with Crippen LogP contribution in [0.4, 0.5) is 11.4 Å². The fourth-order valence-electron chi connectivity index (χ4n) is 2.99. The Morgan fingerprint density at radius 2 is 1.53 bits per heavy atom. The molecular formula is C23H23ClN2O5S. The van der Waals surface area contributed by atoms with Gasteiger partial charge < -0.3 is 14.8 Å². The zero-order valence-electron chi connectivity index (χ0n) is 18.0. The first-order valence-corrected chi connectivity index (χ1v) is 11.4. The number of nitrogens with one attached hydrogen (secondary N) is 2. The number of rotatable bonds is 7. The third kappa shape index (κ3) is 5.15. The minimum absolute atomic E-state index is 0.160. The molecule has 32 heavy (non-hydrogen) atoms. The van der Waals surface area contributed by atoms with Gasteiger partial charge in [0.25, 0.3) is 15.9 Å². The number of hydrogen-bond acceptors (Lipinski definition) is 5. The molecule has 0 bridgehead atoms. The van der Waals surface area contributed by atoms with Gasteiger partial charge in [-0.25, -0.2) is 8.42 Å². The van der Waals surface area contributed by atoms with E-state index < -0.39 is 15.9 Å². The Labute approximate surface area is 192 Å². The monoisotopic (exact) mass is 474 g/mol. The quantitative estimate of drug-likeness (QED) is 0.501. The second kappa shape index (κ2) is 9.50. The van der Waals surface area contributed by atoms with E-state index in [0.29, 0.717) is 39.0 Å². The number of hydrogen-bond donors (Lipinski definition) is 2. The van der Waals surface area contributed by atoms with Crippen molar-refractivity contribution in [3.8, 4) is 11.5 Å². The van der Waals surface area contributed by atoms with E-state index in [1.54, 1.807) is 55.5 Å². The number of benzene rings is 3. The molecule has 0 aliphatic rings. The number of aryl methyl sites for hydroxylation is 2. The fourth-order valence-corrected chi connectivity index (χ4v) is 4.35. The van der Waals surface area contributed by atoms with Crippen LogP contribution in [0.2, 0.25) is 5.02 Å². The van der Waals surface area contributed by atoms with Crippen LogP contribution >= 0.6 is 11.6 Å². The van der Waals surface area contributed by atoms with E-state index in [9.17, 15) is 13.2 Å². The van der Waals surface area contributed by atoms with E-state index in [4.69, 9.17) is 21.1 Å². The Bertz CT molecular complexity index is 1260. The normalized spacial score (nSPS) is 11.0. The number of sulfonamides is 1. The van der Waals surface area contributed by atoms with Crippen molar-refractivity contribution in [2.45, 2.75) is 18.7 Å². The summed E-state index contributed by atoms with van der Waals surface area (Å²) in [5.41, 5.74) is 2.67. The first kappa shape index (κ1) is 23.4. The van der Waals surface area contributed by atoms with Gasteiger partial charge >= 0.3 is 0 Å². The molecule has 3 rings (SSSR count). The summed E-state index contributed by atoms with van der Waals surface area (Å²) in [6.45, 7) is 3.60. The Kier molecular flexibility index (Phi) is 6.96. The Morgan fingerprint density at radius 3 is 2.12 bits per heavy atom. The fraction of sp³-hybridized carbons (Fsp3) is 0.174. The number of carbonyl (C=O) groups is 1. The average Bonchev–Trinajstić information content (AvgIpc) is 2.76. The third-order valence-electron chi connectivity index (χ3n) is 4.79. The van der Waals surface area contributed by atoms with Gasteiger partial charge in [0.05, 0.1) is 35.5 Å². The van der Waals surface area contributed by atoms with Gasteiger partial charge in [0.1, 0.15) is 11.5 Å². The van der Waals surface area contributed by atoms with E-state index >= 15 is 0 Å². The molecule has 0 spiro atoms. The highest BCUT2D eigenvalue weighted by molar-refractivity contribution is 7.92. The Balaban J connectivity index is 1.82. The first-order chi connectivity index (χ1) is 15.1. The molecule has 0 aromatic heterocycles. The Hall–Kier alpha value is -3.23. The van der Waals surface area contributed by atoms with Crippen molar-refractivity contribution in [3.05, 3.63) is 76.3 Å². The summed E-state index contributed by atoms with van der Waals surface area (Å²) in [5, 5.41) is 3.11. The van der Waals surface area contributed by atoms with Crippen LogP contribution in [0.5, 0.6) is 11.5 Å². The van der Waals surface area contributed by atoms with Crippen molar-refractivity contribution < 1.29 is 22.7 Å². The zero-order chi connectivity index (χ0) is 23.5. The van der Waals surface area contributed by atoms with Crippen LogP contribution in [0, 0.1) is 13.8 Å². The molecule has 0 atom stereocenters. The first-order valence-electron chi connectivity index (χ1n) is 9.57. The molecule has 0 heterocycles. The number of carbonyl (C=O) groups excluding carboxylic acids is 1. The largest absolute Gasteiger partial charge is 0.495 e. The highest BCUT2D eigenvalue weighted by atomic mass is 35.5. The number of ether oxygens (including phenoxy) is 2. The van der Waals surface area contributed by atoms with Gasteiger partial charge in [-0.3, -0.25) is 9.52 Å². The maximum absolute atomic E-state index is 12.8. The molecule has 168 valence electrons. The minimum Gasteiger partial charge on any atom is -0.495 e. The van der Waals surface area contributed by atoms with E-state index in [0.717, 1.165) is 5.56 Å². The summed E-state index contributed by atoms with van der Waals surface area (Å²) in [6.07, 6.45) is 0.